The predicted molar refractivity (Wildman–Crippen MR) is 124 cm³/mol. The van der Waals surface area contributed by atoms with E-state index in [-0.39, 0.29) is 18.3 Å². The van der Waals surface area contributed by atoms with E-state index in [4.69, 9.17) is 4.98 Å². The molecule has 3 rings (SSSR count). The number of amides is 1. The number of nitrogens with zero attached hydrogens (tertiary/aromatic N) is 5. The van der Waals surface area contributed by atoms with Crippen LogP contribution < -0.4 is 4.90 Å². The Kier molecular flexibility index (Phi) is 7.80. The Morgan fingerprint density at radius 3 is 2.38 bits per heavy atom. The second-order valence-electron chi connectivity index (χ2n) is 7.17. The van der Waals surface area contributed by atoms with Gasteiger partial charge in [-0.05, 0) is 51.1 Å². The van der Waals surface area contributed by atoms with Crippen molar-refractivity contribution in [2.45, 2.75) is 34.6 Å². The van der Waals surface area contributed by atoms with Crippen molar-refractivity contribution in [1.29, 1.82) is 0 Å². The average molecular weight is 436 g/mol. The lowest BCUT2D eigenvalue weighted by atomic mass is 10.1. The van der Waals surface area contributed by atoms with Gasteiger partial charge < -0.3 is 4.90 Å². The Labute approximate surface area is 182 Å². The lowest BCUT2D eigenvalue weighted by molar-refractivity contribution is 0.0977. The van der Waals surface area contributed by atoms with E-state index in [2.05, 4.69) is 49.8 Å². The number of fused-ring (bicyclic) bond motifs is 1. The predicted octanol–water partition coefficient (Wildman–Crippen LogP) is 4.37. The van der Waals surface area contributed by atoms with Crippen LogP contribution in [0.5, 0.6) is 0 Å². The molecule has 0 N–H and O–H groups in total. The number of carbonyl (C=O) groups excluding carboxylic acids is 1. The molecule has 8 heteroatoms. The zero-order chi connectivity index (χ0) is 20.4. The normalized spacial score (nSPS) is 11.1. The third-order valence-electron chi connectivity index (χ3n) is 5.30. The molecule has 6 nitrogen and oxygen atoms in total. The van der Waals surface area contributed by atoms with Crippen LogP contribution in [0, 0.1) is 20.8 Å². The van der Waals surface area contributed by atoms with Gasteiger partial charge in [-0.2, -0.15) is 5.10 Å². The van der Waals surface area contributed by atoms with E-state index in [1.807, 2.05) is 20.2 Å². The van der Waals surface area contributed by atoms with Crippen molar-refractivity contribution >= 4 is 45.0 Å². The van der Waals surface area contributed by atoms with Crippen LogP contribution in [0.15, 0.2) is 18.3 Å². The first-order valence-electron chi connectivity index (χ1n) is 9.76. The van der Waals surface area contributed by atoms with E-state index in [1.165, 1.54) is 11.1 Å². The van der Waals surface area contributed by atoms with Gasteiger partial charge in [0.25, 0.3) is 5.91 Å². The third kappa shape index (κ3) is 4.79. The summed E-state index contributed by atoms with van der Waals surface area (Å²) < 4.78 is 2.80. The maximum absolute atomic E-state index is 13.4. The van der Waals surface area contributed by atoms with Crippen molar-refractivity contribution in [3.8, 4) is 0 Å². The second-order valence-corrected chi connectivity index (χ2v) is 8.18. The summed E-state index contributed by atoms with van der Waals surface area (Å²) in [6.45, 7) is 13.7. The molecule has 0 radical (unpaired) electrons. The molecule has 0 saturated heterocycles. The topological polar surface area (TPSA) is 54.3 Å². The minimum Gasteiger partial charge on any atom is -0.302 e. The van der Waals surface area contributed by atoms with Crippen molar-refractivity contribution in [2.24, 2.45) is 7.05 Å². The standard InChI is InChI=1S/C21H29N5OS.ClH/c1-7-25(8-2)11-12-26(20(27)18-15(4)13-24(6)23-18)21-22-19-16(5)14(3)9-10-17(19)28-21;/h9-10,13H,7-8,11-12H2,1-6H3;1H. The van der Waals surface area contributed by atoms with Crippen molar-refractivity contribution in [3.05, 3.63) is 40.7 Å². The molecule has 158 valence electrons. The summed E-state index contributed by atoms with van der Waals surface area (Å²) in [6.07, 6.45) is 1.88. The number of hydrogen-bond donors (Lipinski definition) is 0. The van der Waals surface area contributed by atoms with Crippen LogP contribution in [0.3, 0.4) is 0 Å². The highest BCUT2D eigenvalue weighted by Gasteiger charge is 2.25. The van der Waals surface area contributed by atoms with Crippen LogP contribution in [0.25, 0.3) is 10.2 Å². The number of thiazole rings is 1. The summed E-state index contributed by atoms with van der Waals surface area (Å²) in [5, 5.41) is 5.14. The van der Waals surface area contributed by atoms with Gasteiger partial charge in [0.1, 0.15) is 0 Å². The van der Waals surface area contributed by atoms with Crippen LogP contribution in [0.4, 0.5) is 5.13 Å². The van der Waals surface area contributed by atoms with E-state index in [0.29, 0.717) is 12.2 Å². The van der Waals surface area contributed by atoms with Gasteiger partial charge >= 0.3 is 0 Å². The van der Waals surface area contributed by atoms with Crippen LogP contribution in [0.2, 0.25) is 0 Å². The number of halogens is 1. The number of benzene rings is 1. The maximum atomic E-state index is 13.4. The van der Waals surface area contributed by atoms with E-state index < -0.39 is 0 Å². The number of likely N-dealkylation sites (N-methyl/N-ethyl adjacent to an activating group) is 1. The van der Waals surface area contributed by atoms with Crippen molar-refractivity contribution in [2.75, 3.05) is 31.1 Å². The summed E-state index contributed by atoms with van der Waals surface area (Å²) in [5.74, 6) is -0.0845. The first kappa shape index (κ1) is 23.3. The van der Waals surface area contributed by atoms with Crippen LogP contribution >= 0.6 is 23.7 Å². The Balaban J connectivity index is 0.00000300. The Morgan fingerprint density at radius 2 is 1.79 bits per heavy atom. The molecule has 0 unspecified atom stereocenters. The Morgan fingerprint density at radius 1 is 1.10 bits per heavy atom. The molecule has 0 aliphatic rings. The van der Waals surface area contributed by atoms with Crippen molar-refractivity contribution in [1.82, 2.24) is 19.7 Å². The molecule has 0 fully saturated rings. The van der Waals surface area contributed by atoms with Gasteiger partial charge in [0.15, 0.2) is 10.8 Å². The van der Waals surface area contributed by atoms with E-state index in [0.717, 1.165) is 40.5 Å². The Bertz CT molecular complexity index is 993. The minimum absolute atomic E-state index is 0. The molecule has 29 heavy (non-hydrogen) atoms. The van der Waals surface area contributed by atoms with Crippen molar-refractivity contribution < 1.29 is 4.79 Å². The summed E-state index contributed by atoms with van der Waals surface area (Å²) in [5.41, 5.74) is 4.75. The van der Waals surface area contributed by atoms with Crippen LogP contribution in [-0.4, -0.2) is 51.8 Å². The summed E-state index contributed by atoms with van der Waals surface area (Å²) in [4.78, 5) is 22.4. The van der Waals surface area contributed by atoms with Gasteiger partial charge in [0, 0.05) is 31.9 Å². The molecule has 0 aliphatic carbocycles. The smallest absolute Gasteiger partial charge is 0.280 e. The molecule has 2 heterocycles. The highest BCUT2D eigenvalue weighted by Crippen LogP contribution is 2.32. The van der Waals surface area contributed by atoms with Gasteiger partial charge in [-0.1, -0.05) is 31.3 Å². The SMILES string of the molecule is CCN(CC)CCN(C(=O)c1nn(C)cc1C)c1nc2c(C)c(C)ccc2s1.Cl. The fourth-order valence-corrected chi connectivity index (χ4v) is 4.39. The van der Waals surface area contributed by atoms with Crippen LogP contribution in [0.1, 0.15) is 41.0 Å². The first-order chi connectivity index (χ1) is 13.3. The van der Waals surface area contributed by atoms with Gasteiger partial charge in [-0.15, -0.1) is 12.4 Å². The molecule has 1 aromatic carbocycles. The highest BCUT2D eigenvalue weighted by molar-refractivity contribution is 7.22. The number of aryl methyl sites for hydroxylation is 4. The van der Waals surface area contributed by atoms with Crippen molar-refractivity contribution in [3.63, 3.8) is 0 Å². The molecule has 0 saturated carbocycles. The summed E-state index contributed by atoms with van der Waals surface area (Å²) in [6, 6.07) is 4.21. The van der Waals surface area contributed by atoms with Gasteiger partial charge in [-0.25, -0.2) is 4.98 Å². The minimum atomic E-state index is -0.0845. The molecular formula is C21H30ClN5OS. The van der Waals surface area contributed by atoms with E-state index in [9.17, 15) is 4.79 Å². The lowest BCUT2D eigenvalue weighted by Gasteiger charge is -2.24. The number of hydrogen-bond acceptors (Lipinski definition) is 5. The molecule has 0 aliphatic heterocycles. The number of carbonyl (C=O) groups is 1. The largest absolute Gasteiger partial charge is 0.302 e. The molecule has 0 atom stereocenters. The van der Waals surface area contributed by atoms with Crippen LogP contribution in [-0.2, 0) is 7.05 Å². The fraction of sp³-hybridized carbons (Fsp3) is 0.476. The molecule has 0 spiro atoms. The molecular weight excluding hydrogens is 406 g/mol. The number of rotatable bonds is 7. The first-order valence-corrected chi connectivity index (χ1v) is 10.6. The molecule has 3 aromatic rings. The summed E-state index contributed by atoms with van der Waals surface area (Å²) >= 11 is 1.57. The monoisotopic (exact) mass is 435 g/mol. The zero-order valence-electron chi connectivity index (χ0n) is 18.0. The average Bonchev–Trinajstić information content (AvgIpc) is 3.24. The fourth-order valence-electron chi connectivity index (χ4n) is 3.34. The quantitative estimate of drug-likeness (QED) is 0.553. The summed E-state index contributed by atoms with van der Waals surface area (Å²) in [7, 11) is 1.84. The van der Waals surface area contributed by atoms with Gasteiger partial charge in [-0.3, -0.25) is 14.4 Å². The highest BCUT2D eigenvalue weighted by atomic mass is 35.5. The number of anilines is 1. The Hall–Kier alpha value is -1.96. The second kappa shape index (κ2) is 9.69. The van der Waals surface area contributed by atoms with E-state index in [1.54, 1.807) is 20.9 Å². The third-order valence-corrected chi connectivity index (χ3v) is 6.34. The van der Waals surface area contributed by atoms with Gasteiger partial charge in [0.05, 0.1) is 10.2 Å². The molecule has 1 amide bonds. The lowest BCUT2D eigenvalue weighted by Crippen LogP contribution is -2.39. The molecule has 2 aromatic heterocycles. The molecule has 0 bridgehead atoms. The number of aromatic nitrogens is 3. The zero-order valence-corrected chi connectivity index (χ0v) is 19.7. The maximum Gasteiger partial charge on any atom is 0.280 e. The van der Waals surface area contributed by atoms with E-state index >= 15 is 0 Å². The van der Waals surface area contributed by atoms with Gasteiger partial charge in [0.2, 0.25) is 0 Å².